The third kappa shape index (κ3) is 5.35. The van der Waals surface area contributed by atoms with Crippen LogP contribution in [0.1, 0.15) is 24.9 Å². The zero-order valence-corrected chi connectivity index (χ0v) is 13.1. The van der Waals surface area contributed by atoms with Crippen molar-refractivity contribution in [3.63, 3.8) is 0 Å². The number of rotatable bonds is 6. The summed E-state index contributed by atoms with van der Waals surface area (Å²) < 4.78 is 22.7. The van der Waals surface area contributed by atoms with Crippen molar-refractivity contribution in [1.82, 2.24) is 5.32 Å². The van der Waals surface area contributed by atoms with Crippen molar-refractivity contribution in [3.8, 4) is 0 Å². The second-order valence-corrected chi connectivity index (χ2v) is 7.48. The molecule has 0 radical (unpaired) electrons. The Bertz CT molecular complexity index is 626. The van der Waals surface area contributed by atoms with Crippen molar-refractivity contribution < 1.29 is 23.1 Å². The summed E-state index contributed by atoms with van der Waals surface area (Å²) in [5, 5.41) is 10.6. The highest BCUT2D eigenvalue weighted by molar-refractivity contribution is 7.92. The van der Waals surface area contributed by atoms with Gasteiger partial charge in [0.15, 0.2) is 9.84 Å². The van der Waals surface area contributed by atoms with E-state index in [0.717, 1.165) is 6.26 Å². The molecule has 2 N–H and O–H groups in total. The average molecular weight is 334 g/mol. The average Bonchev–Trinajstić information content (AvgIpc) is 2.36. The highest BCUT2D eigenvalue weighted by Crippen LogP contribution is 2.20. The Morgan fingerprint density at radius 1 is 1.29 bits per heavy atom. The van der Waals surface area contributed by atoms with E-state index in [1.807, 2.05) is 0 Å². The van der Waals surface area contributed by atoms with Gasteiger partial charge in [0.2, 0.25) is 5.91 Å². The monoisotopic (exact) mass is 333 g/mol. The summed E-state index contributed by atoms with van der Waals surface area (Å²) in [6, 6.07) is 5.48. The first kappa shape index (κ1) is 17.5. The largest absolute Gasteiger partial charge is 0.481 e. The minimum atomic E-state index is -3.55. The van der Waals surface area contributed by atoms with Gasteiger partial charge >= 0.3 is 5.97 Å². The van der Waals surface area contributed by atoms with Crippen molar-refractivity contribution >= 4 is 33.3 Å². The Morgan fingerprint density at radius 3 is 2.24 bits per heavy atom. The lowest BCUT2D eigenvalue weighted by atomic mass is 10.0. The van der Waals surface area contributed by atoms with Crippen LogP contribution >= 0.6 is 11.6 Å². The van der Waals surface area contributed by atoms with Crippen molar-refractivity contribution in [2.45, 2.75) is 24.6 Å². The van der Waals surface area contributed by atoms with Crippen LogP contribution < -0.4 is 5.32 Å². The molecule has 1 aromatic rings. The van der Waals surface area contributed by atoms with Gasteiger partial charge in [-0.25, -0.2) is 8.42 Å². The maximum atomic E-state index is 11.9. The van der Waals surface area contributed by atoms with Crippen LogP contribution in [-0.4, -0.2) is 36.9 Å². The fourth-order valence-electron chi connectivity index (χ4n) is 1.61. The molecule has 116 valence electrons. The van der Waals surface area contributed by atoms with Gasteiger partial charge in [0.05, 0.1) is 12.5 Å². The van der Waals surface area contributed by atoms with Crippen LogP contribution in [0.3, 0.4) is 0 Å². The van der Waals surface area contributed by atoms with Crippen molar-refractivity contribution in [1.29, 1.82) is 0 Å². The van der Waals surface area contributed by atoms with E-state index in [1.54, 1.807) is 24.3 Å². The summed E-state index contributed by atoms with van der Waals surface area (Å²) >= 11 is 5.76. The number of nitrogens with one attached hydrogen (secondary N) is 1. The molecule has 1 aromatic carbocycles. The zero-order valence-electron chi connectivity index (χ0n) is 11.5. The lowest BCUT2D eigenvalue weighted by molar-refractivity contribution is -0.137. The molecule has 2 atom stereocenters. The van der Waals surface area contributed by atoms with E-state index in [9.17, 15) is 18.0 Å². The number of carbonyl (C=O) groups excluding carboxylic acids is 1. The number of carbonyl (C=O) groups is 2. The number of carboxylic acid groups (broad SMARTS) is 1. The Balaban J connectivity index is 2.96. The SMILES string of the molecule is CC(C(=O)N[C@@H](CC(=O)O)c1ccc(Cl)cc1)S(C)(=O)=O. The summed E-state index contributed by atoms with van der Waals surface area (Å²) in [6.07, 6.45) is 0.593. The molecule has 0 aliphatic rings. The first-order valence-electron chi connectivity index (χ1n) is 6.07. The lowest BCUT2D eigenvalue weighted by Crippen LogP contribution is -2.40. The molecule has 1 unspecified atom stereocenters. The summed E-state index contributed by atoms with van der Waals surface area (Å²) in [5.74, 6) is -1.85. The molecule has 21 heavy (non-hydrogen) atoms. The number of amides is 1. The maximum Gasteiger partial charge on any atom is 0.305 e. The normalized spacial score (nSPS) is 14.2. The standard InChI is InChI=1S/C13H16ClNO5S/c1-8(21(2,19)20)13(18)15-11(7-12(16)17)9-3-5-10(14)6-4-9/h3-6,8,11H,7H2,1-2H3,(H,15,18)(H,16,17)/t8?,11-/m0/s1. The van der Waals surface area contributed by atoms with Crippen molar-refractivity contribution in [2.24, 2.45) is 0 Å². The summed E-state index contributed by atoms with van der Waals surface area (Å²) in [5.41, 5.74) is 0.538. The molecule has 0 fully saturated rings. The molecule has 8 heteroatoms. The molecule has 6 nitrogen and oxygen atoms in total. The van der Waals surface area contributed by atoms with E-state index >= 15 is 0 Å². The molecule has 0 aromatic heterocycles. The summed E-state index contributed by atoms with van der Waals surface area (Å²) in [4.78, 5) is 22.8. The molecule has 0 saturated carbocycles. The van der Waals surface area contributed by atoms with E-state index in [2.05, 4.69) is 5.32 Å². The lowest BCUT2D eigenvalue weighted by Gasteiger charge is -2.19. The Labute approximate surface area is 128 Å². The highest BCUT2D eigenvalue weighted by Gasteiger charge is 2.27. The van der Waals surface area contributed by atoms with Crippen LogP contribution in [-0.2, 0) is 19.4 Å². The summed E-state index contributed by atoms with van der Waals surface area (Å²) in [6.45, 7) is 1.25. The fourth-order valence-corrected chi connectivity index (χ4v) is 2.19. The van der Waals surface area contributed by atoms with Gasteiger partial charge in [-0.05, 0) is 24.6 Å². The van der Waals surface area contributed by atoms with Crippen LogP contribution in [0.5, 0.6) is 0 Å². The van der Waals surface area contributed by atoms with Crippen molar-refractivity contribution in [3.05, 3.63) is 34.9 Å². The zero-order chi connectivity index (χ0) is 16.2. The number of sulfone groups is 1. The van der Waals surface area contributed by atoms with Gasteiger partial charge < -0.3 is 10.4 Å². The van der Waals surface area contributed by atoms with Crippen LogP contribution in [0.4, 0.5) is 0 Å². The molecule has 0 saturated heterocycles. The van der Waals surface area contributed by atoms with Gasteiger partial charge in [0.25, 0.3) is 0 Å². The topological polar surface area (TPSA) is 101 Å². The molecular weight excluding hydrogens is 318 g/mol. The van der Waals surface area contributed by atoms with E-state index in [4.69, 9.17) is 16.7 Å². The van der Waals surface area contributed by atoms with Crippen LogP contribution in [0.15, 0.2) is 24.3 Å². The minimum Gasteiger partial charge on any atom is -0.481 e. The number of benzene rings is 1. The Kier molecular flexibility index (Phi) is 5.74. The van der Waals surface area contributed by atoms with Gasteiger partial charge in [0, 0.05) is 11.3 Å². The van der Waals surface area contributed by atoms with Gasteiger partial charge in [-0.3, -0.25) is 9.59 Å². The van der Waals surface area contributed by atoms with Gasteiger partial charge in [-0.2, -0.15) is 0 Å². The second-order valence-electron chi connectivity index (χ2n) is 4.68. The van der Waals surface area contributed by atoms with E-state index in [1.165, 1.54) is 6.92 Å². The third-order valence-corrected chi connectivity index (χ3v) is 4.73. The molecule has 0 aliphatic carbocycles. The predicted molar refractivity (Wildman–Crippen MR) is 78.9 cm³/mol. The quantitative estimate of drug-likeness (QED) is 0.819. The van der Waals surface area contributed by atoms with Gasteiger partial charge in [-0.15, -0.1) is 0 Å². The summed E-state index contributed by atoms with van der Waals surface area (Å²) in [7, 11) is -3.55. The molecular formula is C13H16ClNO5S. The van der Waals surface area contributed by atoms with Crippen LogP contribution in [0.25, 0.3) is 0 Å². The van der Waals surface area contributed by atoms with Crippen LogP contribution in [0, 0.1) is 0 Å². The highest BCUT2D eigenvalue weighted by atomic mass is 35.5. The molecule has 0 heterocycles. The predicted octanol–water partition coefficient (Wildman–Crippen LogP) is 1.41. The van der Waals surface area contributed by atoms with E-state index in [-0.39, 0.29) is 6.42 Å². The number of hydrogen-bond donors (Lipinski definition) is 2. The smallest absolute Gasteiger partial charge is 0.305 e. The molecule has 0 bridgehead atoms. The molecule has 1 amide bonds. The van der Waals surface area contributed by atoms with Gasteiger partial charge in [-0.1, -0.05) is 23.7 Å². The number of halogens is 1. The Morgan fingerprint density at radius 2 is 1.81 bits per heavy atom. The first-order chi connectivity index (χ1) is 9.61. The minimum absolute atomic E-state index is 0.357. The number of carboxylic acids is 1. The van der Waals surface area contributed by atoms with E-state index in [0.29, 0.717) is 10.6 Å². The maximum absolute atomic E-state index is 11.9. The van der Waals surface area contributed by atoms with Crippen molar-refractivity contribution in [2.75, 3.05) is 6.26 Å². The number of hydrogen-bond acceptors (Lipinski definition) is 4. The Hall–Kier alpha value is -1.60. The molecule has 0 aliphatic heterocycles. The van der Waals surface area contributed by atoms with Gasteiger partial charge in [0.1, 0.15) is 5.25 Å². The van der Waals surface area contributed by atoms with E-state index < -0.39 is 33.0 Å². The fraction of sp³-hybridized carbons (Fsp3) is 0.385. The molecule has 0 spiro atoms. The molecule has 1 rings (SSSR count). The number of aliphatic carboxylic acids is 1. The second kappa shape index (κ2) is 6.91. The third-order valence-electron chi connectivity index (χ3n) is 2.98. The van der Waals surface area contributed by atoms with Crippen LogP contribution in [0.2, 0.25) is 5.02 Å². The first-order valence-corrected chi connectivity index (χ1v) is 8.41.